The van der Waals surface area contributed by atoms with E-state index in [9.17, 15) is 4.79 Å². The zero-order valence-corrected chi connectivity index (χ0v) is 19.2. The van der Waals surface area contributed by atoms with Gasteiger partial charge in [-0.15, -0.1) is 0 Å². The van der Waals surface area contributed by atoms with Gasteiger partial charge in [-0.05, 0) is 39.0 Å². The SMILES string of the molecule is CCOc1ccc(-c2oc3c(OC)c(OCC)cc(OCC)c3c(=O)c2OC)cc1OC. The zero-order chi connectivity index (χ0) is 23.3. The third kappa shape index (κ3) is 4.12. The van der Waals surface area contributed by atoms with Crippen molar-refractivity contribution in [2.45, 2.75) is 20.8 Å². The van der Waals surface area contributed by atoms with Crippen LogP contribution < -0.4 is 33.8 Å². The number of fused-ring (bicyclic) bond motifs is 1. The maximum Gasteiger partial charge on any atom is 0.239 e. The molecular weight excluding hydrogens is 416 g/mol. The number of benzene rings is 2. The van der Waals surface area contributed by atoms with E-state index in [1.807, 2.05) is 20.8 Å². The topological polar surface area (TPSA) is 85.6 Å². The summed E-state index contributed by atoms with van der Waals surface area (Å²) in [6.07, 6.45) is 0. The standard InChI is InChI=1S/C24H28O8/c1-7-29-15-11-10-14(12-16(15)26-4)21-24(28-6)20(25)19-17(30-8-2)13-18(31-9-3)22(27-5)23(19)32-21/h10-13H,7-9H2,1-6H3. The van der Waals surface area contributed by atoms with Crippen molar-refractivity contribution in [3.63, 3.8) is 0 Å². The van der Waals surface area contributed by atoms with Crippen molar-refractivity contribution in [3.05, 3.63) is 34.5 Å². The first-order valence-corrected chi connectivity index (χ1v) is 10.4. The van der Waals surface area contributed by atoms with Crippen molar-refractivity contribution in [2.24, 2.45) is 0 Å². The Kier molecular flexibility index (Phi) is 7.35. The van der Waals surface area contributed by atoms with Crippen LogP contribution in [0.15, 0.2) is 33.5 Å². The predicted octanol–water partition coefficient (Wildman–Crippen LogP) is 4.68. The van der Waals surface area contributed by atoms with Crippen LogP contribution in [0.25, 0.3) is 22.3 Å². The monoisotopic (exact) mass is 444 g/mol. The van der Waals surface area contributed by atoms with Crippen LogP contribution in [0.4, 0.5) is 0 Å². The zero-order valence-electron chi connectivity index (χ0n) is 19.2. The van der Waals surface area contributed by atoms with Gasteiger partial charge in [0.15, 0.2) is 28.6 Å². The maximum atomic E-state index is 13.5. The van der Waals surface area contributed by atoms with Crippen LogP contribution in [0.2, 0.25) is 0 Å². The second kappa shape index (κ2) is 10.2. The molecule has 0 radical (unpaired) electrons. The molecule has 0 atom stereocenters. The average Bonchev–Trinajstić information content (AvgIpc) is 2.79. The van der Waals surface area contributed by atoms with Crippen LogP contribution in [-0.4, -0.2) is 41.2 Å². The van der Waals surface area contributed by atoms with Crippen LogP contribution in [0.3, 0.4) is 0 Å². The lowest BCUT2D eigenvalue weighted by Gasteiger charge is -2.17. The minimum absolute atomic E-state index is 0.0379. The Labute approximate surface area is 186 Å². The Morgan fingerprint density at radius 1 is 0.719 bits per heavy atom. The molecule has 0 saturated carbocycles. The van der Waals surface area contributed by atoms with Gasteiger partial charge in [0, 0.05) is 11.6 Å². The molecule has 0 aliphatic rings. The van der Waals surface area contributed by atoms with Crippen molar-refractivity contribution in [1.82, 2.24) is 0 Å². The molecule has 1 aromatic heterocycles. The normalized spacial score (nSPS) is 10.7. The van der Waals surface area contributed by atoms with Gasteiger partial charge in [-0.2, -0.15) is 0 Å². The van der Waals surface area contributed by atoms with E-state index < -0.39 is 0 Å². The van der Waals surface area contributed by atoms with Crippen LogP contribution in [0.5, 0.6) is 34.5 Å². The first kappa shape index (κ1) is 23.1. The van der Waals surface area contributed by atoms with E-state index in [2.05, 4.69) is 0 Å². The lowest BCUT2D eigenvalue weighted by atomic mass is 10.1. The third-order valence-electron chi connectivity index (χ3n) is 4.74. The minimum atomic E-state index is -0.388. The molecule has 0 aliphatic carbocycles. The Morgan fingerprint density at radius 2 is 1.34 bits per heavy atom. The van der Waals surface area contributed by atoms with Gasteiger partial charge in [-0.3, -0.25) is 4.79 Å². The summed E-state index contributed by atoms with van der Waals surface area (Å²) in [5, 5.41) is 0.214. The van der Waals surface area contributed by atoms with Gasteiger partial charge in [0.1, 0.15) is 11.1 Å². The number of hydrogen-bond acceptors (Lipinski definition) is 8. The van der Waals surface area contributed by atoms with Crippen molar-refractivity contribution in [2.75, 3.05) is 41.2 Å². The van der Waals surface area contributed by atoms with E-state index in [4.69, 9.17) is 32.8 Å². The summed E-state index contributed by atoms with van der Waals surface area (Å²) in [5.74, 6) is 2.37. The van der Waals surface area contributed by atoms with Crippen LogP contribution in [0.1, 0.15) is 20.8 Å². The van der Waals surface area contributed by atoms with Gasteiger partial charge in [-0.1, -0.05) is 0 Å². The highest BCUT2D eigenvalue weighted by atomic mass is 16.5. The quantitative estimate of drug-likeness (QED) is 0.446. The van der Waals surface area contributed by atoms with Crippen molar-refractivity contribution in [3.8, 4) is 45.8 Å². The molecule has 0 amide bonds. The summed E-state index contributed by atoms with van der Waals surface area (Å²) < 4.78 is 39.7. The molecule has 0 unspecified atom stereocenters. The van der Waals surface area contributed by atoms with E-state index in [1.54, 1.807) is 31.4 Å². The molecule has 0 aliphatic heterocycles. The molecule has 0 spiro atoms. The molecule has 8 nitrogen and oxygen atoms in total. The fourth-order valence-electron chi connectivity index (χ4n) is 3.46. The summed E-state index contributed by atoms with van der Waals surface area (Å²) in [4.78, 5) is 13.5. The minimum Gasteiger partial charge on any atom is -0.493 e. The van der Waals surface area contributed by atoms with E-state index in [-0.39, 0.29) is 27.9 Å². The van der Waals surface area contributed by atoms with E-state index >= 15 is 0 Å². The number of methoxy groups -OCH3 is 3. The van der Waals surface area contributed by atoms with E-state index in [0.29, 0.717) is 54.1 Å². The Hall–Kier alpha value is -3.55. The number of rotatable bonds is 10. The Balaban J connectivity index is 2.39. The molecule has 1 heterocycles. The fraction of sp³-hybridized carbons (Fsp3) is 0.375. The molecule has 0 fully saturated rings. The highest BCUT2D eigenvalue weighted by Gasteiger charge is 2.26. The summed E-state index contributed by atoms with van der Waals surface area (Å²) >= 11 is 0. The molecule has 3 aromatic rings. The average molecular weight is 444 g/mol. The lowest BCUT2D eigenvalue weighted by molar-refractivity contribution is 0.302. The maximum absolute atomic E-state index is 13.5. The van der Waals surface area contributed by atoms with Gasteiger partial charge in [0.2, 0.25) is 16.9 Å². The Morgan fingerprint density at radius 3 is 1.94 bits per heavy atom. The van der Waals surface area contributed by atoms with E-state index in [0.717, 1.165) is 0 Å². The van der Waals surface area contributed by atoms with E-state index in [1.165, 1.54) is 14.2 Å². The molecule has 172 valence electrons. The lowest BCUT2D eigenvalue weighted by Crippen LogP contribution is -2.11. The largest absolute Gasteiger partial charge is 0.493 e. The summed E-state index contributed by atoms with van der Waals surface area (Å²) in [6.45, 7) is 6.81. The Bertz CT molecular complexity index is 1150. The number of hydrogen-bond donors (Lipinski definition) is 0. The summed E-state index contributed by atoms with van der Waals surface area (Å²) in [6, 6.07) is 6.87. The third-order valence-corrected chi connectivity index (χ3v) is 4.74. The first-order chi connectivity index (χ1) is 15.5. The molecule has 0 saturated heterocycles. The second-order valence-electron chi connectivity index (χ2n) is 6.57. The van der Waals surface area contributed by atoms with Gasteiger partial charge in [0.25, 0.3) is 0 Å². The molecule has 0 bridgehead atoms. The molecule has 2 aromatic carbocycles. The van der Waals surface area contributed by atoms with Crippen molar-refractivity contribution < 1.29 is 32.8 Å². The second-order valence-corrected chi connectivity index (χ2v) is 6.57. The fourth-order valence-corrected chi connectivity index (χ4v) is 3.46. The highest BCUT2D eigenvalue weighted by Crippen LogP contribution is 2.44. The molecule has 0 N–H and O–H groups in total. The van der Waals surface area contributed by atoms with Gasteiger partial charge >= 0.3 is 0 Å². The molecular formula is C24H28O8. The summed E-state index contributed by atoms with van der Waals surface area (Å²) in [7, 11) is 4.45. The highest BCUT2D eigenvalue weighted by molar-refractivity contribution is 5.93. The summed E-state index contributed by atoms with van der Waals surface area (Å²) in [5.41, 5.74) is 0.389. The molecule has 32 heavy (non-hydrogen) atoms. The predicted molar refractivity (Wildman–Crippen MR) is 121 cm³/mol. The van der Waals surface area contributed by atoms with Gasteiger partial charge in [0.05, 0.1) is 41.2 Å². The van der Waals surface area contributed by atoms with Gasteiger partial charge < -0.3 is 32.8 Å². The van der Waals surface area contributed by atoms with Crippen LogP contribution >= 0.6 is 0 Å². The van der Waals surface area contributed by atoms with Crippen LogP contribution in [-0.2, 0) is 0 Å². The molecule has 3 rings (SSSR count). The van der Waals surface area contributed by atoms with Crippen molar-refractivity contribution in [1.29, 1.82) is 0 Å². The molecule has 8 heteroatoms. The smallest absolute Gasteiger partial charge is 0.239 e. The first-order valence-electron chi connectivity index (χ1n) is 10.4. The van der Waals surface area contributed by atoms with Crippen molar-refractivity contribution >= 4 is 11.0 Å². The van der Waals surface area contributed by atoms with Gasteiger partial charge in [-0.25, -0.2) is 0 Å². The number of ether oxygens (including phenoxy) is 6. The van der Waals surface area contributed by atoms with Crippen LogP contribution in [0, 0.1) is 0 Å².